The second-order valence-corrected chi connectivity index (χ2v) is 4.95. The molecule has 0 spiro atoms. The van der Waals surface area contributed by atoms with Crippen LogP contribution in [0.1, 0.15) is 20.3 Å². The van der Waals surface area contributed by atoms with Gasteiger partial charge in [0, 0.05) is 20.5 Å². The SMILES string of the molecule is COC(COS(=O)(=O)O)C[C@@H](O)C(C)NC(C)=O. The van der Waals surface area contributed by atoms with Gasteiger partial charge in [0.05, 0.1) is 24.9 Å². The smallest absolute Gasteiger partial charge is 0.391 e. The molecule has 1 amide bonds. The third-order valence-electron chi connectivity index (χ3n) is 2.25. The molecule has 0 aliphatic carbocycles. The van der Waals surface area contributed by atoms with Crippen molar-refractivity contribution in [1.29, 1.82) is 0 Å². The number of nitrogens with one attached hydrogen (secondary N) is 1. The van der Waals surface area contributed by atoms with Gasteiger partial charge in [0.25, 0.3) is 0 Å². The molecule has 2 unspecified atom stereocenters. The van der Waals surface area contributed by atoms with E-state index in [0.717, 1.165) is 0 Å². The Morgan fingerprint density at radius 1 is 1.44 bits per heavy atom. The monoisotopic (exact) mass is 285 g/mol. The van der Waals surface area contributed by atoms with Gasteiger partial charge in [0.1, 0.15) is 0 Å². The first-order chi connectivity index (χ1) is 8.15. The highest BCUT2D eigenvalue weighted by Gasteiger charge is 2.22. The van der Waals surface area contributed by atoms with Gasteiger partial charge >= 0.3 is 10.4 Å². The topological polar surface area (TPSA) is 122 Å². The van der Waals surface area contributed by atoms with Crippen molar-refractivity contribution in [2.24, 2.45) is 0 Å². The van der Waals surface area contributed by atoms with Crippen LogP contribution in [0.2, 0.25) is 0 Å². The molecule has 0 fully saturated rings. The number of methoxy groups -OCH3 is 1. The van der Waals surface area contributed by atoms with Crippen LogP contribution in [0.5, 0.6) is 0 Å². The Balaban J connectivity index is 4.23. The third-order valence-corrected chi connectivity index (χ3v) is 2.68. The lowest BCUT2D eigenvalue weighted by molar-refractivity contribution is -0.120. The number of amides is 1. The van der Waals surface area contributed by atoms with Gasteiger partial charge in [-0.05, 0) is 6.92 Å². The molecule has 18 heavy (non-hydrogen) atoms. The molecule has 0 rings (SSSR count). The van der Waals surface area contributed by atoms with E-state index < -0.39 is 35.3 Å². The van der Waals surface area contributed by atoms with Crippen molar-refractivity contribution < 1.29 is 31.8 Å². The Bertz CT molecular complexity index is 356. The molecule has 0 aliphatic rings. The number of hydrogen-bond acceptors (Lipinski definition) is 6. The predicted octanol–water partition coefficient (Wildman–Crippen LogP) is -0.904. The highest BCUT2D eigenvalue weighted by atomic mass is 32.3. The standard InChI is InChI=1S/C9H19NO7S/c1-6(10-7(2)11)9(12)4-8(16-3)5-17-18(13,14)15/h6,8-9,12H,4-5H2,1-3H3,(H,10,11)(H,13,14,15)/t6?,8?,9-/m1/s1. The fourth-order valence-corrected chi connectivity index (χ4v) is 1.61. The van der Waals surface area contributed by atoms with Crippen molar-refractivity contribution in [2.75, 3.05) is 13.7 Å². The zero-order valence-electron chi connectivity index (χ0n) is 10.5. The average molecular weight is 285 g/mol. The zero-order chi connectivity index (χ0) is 14.3. The summed E-state index contributed by atoms with van der Waals surface area (Å²) in [6.07, 6.45) is -1.60. The van der Waals surface area contributed by atoms with Gasteiger partial charge in [-0.2, -0.15) is 8.42 Å². The molecule has 0 bridgehead atoms. The number of rotatable bonds is 8. The molecule has 0 radical (unpaired) electrons. The van der Waals surface area contributed by atoms with Gasteiger partial charge < -0.3 is 15.2 Å². The molecular formula is C9H19NO7S. The van der Waals surface area contributed by atoms with Gasteiger partial charge in [-0.1, -0.05) is 0 Å². The summed E-state index contributed by atoms with van der Waals surface area (Å²) in [5.41, 5.74) is 0. The van der Waals surface area contributed by atoms with Crippen LogP contribution in [-0.2, 0) is 24.1 Å². The van der Waals surface area contributed by atoms with E-state index in [4.69, 9.17) is 9.29 Å². The van der Waals surface area contributed by atoms with Crippen LogP contribution in [0.15, 0.2) is 0 Å². The quantitative estimate of drug-likeness (QED) is 0.494. The highest BCUT2D eigenvalue weighted by Crippen LogP contribution is 2.07. The Kier molecular flexibility index (Phi) is 7.33. The van der Waals surface area contributed by atoms with Crippen molar-refractivity contribution in [3.05, 3.63) is 0 Å². The molecule has 0 saturated carbocycles. The molecule has 8 nitrogen and oxygen atoms in total. The lowest BCUT2D eigenvalue weighted by Crippen LogP contribution is -2.42. The van der Waals surface area contributed by atoms with Crippen LogP contribution in [0, 0.1) is 0 Å². The van der Waals surface area contributed by atoms with Crippen LogP contribution in [0.4, 0.5) is 0 Å². The summed E-state index contributed by atoms with van der Waals surface area (Å²) in [5.74, 6) is -0.287. The molecule has 0 heterocycles. The van der Waals surface area contributed by atoms with E-state index in [1.54, 1.807) is 6.92 Å². The summed E-state index contributed by atoms with van der Waals surface area (Å²) in [4.78, 5) is 10.8. The maximum Gasteiger partial charge on any atom is 0.397 e. The van der Waals surface area contributed by atoms with Crippen molar-refractivity contribution in [2.45, 2.75) is 38.5 Å². The fourth-order valence-electron chi connectivity index (χ4n) is 1.28. The molecule has 3 N–H and O–H groups in total. The molecule has 108 valence electrons. The lowest BCUT2D eigenvalue weighted by atomic mass is 10.1. The van der Waals surface area contributed by atoms with Gasteiger partial charge in [-0.3, -0.25) is 9.35 Å². The third kappa shape index (κ3) is 8.37. The van der Waals surface area contributed by atoms with Crippen LogP contribution >= 0.6 is 0 Å². The fraction of sp³-hybridized carbons (Fsp3) is 0.889. The number of carbonyl (C=O) groups is 1. The zero-order valence-corrected chi connectivity index (χ0v) is 11.3. The Labute approximate surface area is 106 Å². The maximum atomic E-state index is 10.8. The number of aliphatic hydroxyl groups excluding tert-OH is 1. The molecule has 3 atom stereocenters. The summed E-state index contributed by atoms with van der Waals surface area (Å²) in [6.45, 7) is 2.50. The van der Waals surface area contributed by atoms with Crippen molar-refractivity contribution in [1.82, 2.24) is 5.32 Å². The molecule has 0 aliphatic heterocycles. The van der Waals surface area contributed by atoms with Crippen LogP contribution < -0.4 is 5.32 Å². The first-order valence-corrected chi connectivity index (χ1v) is 6.62. The van der Waals surface area contributed by atoms with Gasteiger partial charge in [-0.25, -0.2) is 4.18 Å². The summed E-state index contributed by atoms with van der Waals surface area (Å²) >= 11 is 0. The molecule has 0 aromatic rings. The van der Waals surface area contributed by atoms with E-state index in [9.17, 15) is 18.3 Å². The second-order valence-electron chi connectivity index (χ2n) is 3.86. The number of aliphatic hydroxyl groups is 1. The van der Waals surface area contributed by atoms with Crippen LogP contribution in [-0.4, -0.2) is 56.0 Å². The number of ether oxygens (including phenoxy) is 1. The van der Waals surface area contributed by atoms with E-state index in [1.807, 2.05) is 0 Å². The molecule has 0 aromatic heterocycles. The molecule has 9 heteroatoms. The summed E-state index contributed by atoms with van der Waals surface area (Å²) in [7, 11) is -3.22. The molecular weight excluding hydrogens is 266 g/mol. The first-order valence-electron chi connectivity index (χ1n) is 5.25. The van der Waals surface area contributed by atoms with Crippen molar-refractivity contribution in [3.8, 4) is 0 Å². The minimum absolute atomic E-state index is 0.0491. The summed E-state index contributed by atoms with van der Waals surface area (Å²) < 4.78 is 38.2. The predicted molar refractivity (Wildman–Crippen MR) is 62.2 cm³/mol. The molecule has 0 aromatic carbocycles. The molecule has 0 saturated heterocycles. The minimum atomic E-state index is -4.54. The summed E-state index contributed by atoms with van der Waals surface area (Å²) in [5, 5.41) is 12.2. The Morgan fingerprint density at radius 3 is 2.39 bits per heavy atom. The number of carbonyl (C=O) groups excluding carboxylic acids is 1. The van der Waals surface area contributed by atoms with E-state index in [0.29, 0.717) is 0 Å². The van der Waals surface area contributed by atoms with Crippen molar-refractivity contribution >= 4 is 16.3 Å². The van der Waals surface area contributed by atoms with Gasteiger partial charge in [-0.15, -0.1) is 0 Å². The first kappa shape index (κ1) is 17.3. The van der Waals surface area contributed by atoms with Gasteiger partial charge in [0.15, 0.2) is 0 Å². The van der Waals surface area contributed by atoms with Crippen LogP contribution in [0.3, 0.4) is 0 Å². The van der Waals surface area contributed by atoms with E-state index >= 15 is 0 Å². The summed E-state index contributed by atoms with van der Waals surface area (Å²) in [6, 6.07) is -0.508. The average Bonchev–Trinajstić information content (AvgIpc) is 2.21. The largest absolute Gasteiger partial charge is 0.397 e. The normalized spacial score (nSPS) is 16.9. The second kappa shape index (κ2) is 7.64. The van der Waals surface area contributed by atoms with Gasteiger partial charge in [0.2, 0.25) is 5.91 Å². The highest BCUT2D eigenvalue weighted by molar-refractivity contribution is 7.80. The lowest BCUT2D eigenvalue weighted by Gasteiger charge is -2.23. The number of hydrogen-bond donors (Lipinski definition) is 3. The van der Waals surface area contributed by atoms with E-state index in [1.165, 1.54) is 14.0 Å². The maximum absolute atomic E-state index is 10.8. The Hall–Kier alpha value is -0.740. The van der Waals surface area contributed by atoms with E-state index in [-0.39, 0.29) is 12.3 Å². The van der Waals surface area contributed by atoms with Crippen molar-refractivity contribution in [3.63, 3.8) is 0 Å². The minimum Gasteiger partial charge on any atom is -0.391 e. The Morgan fingerprint density at radius 2 is 2.00 bits per heavy atom. The van der Waals surface area contributed by atoms with E-state index in [2.05, 4.69) is 9.50 Å². The van der Waals surface area contributed by atoms with Crippen LogP contribution in [0.25, 0.3) is 0 Å².